The van der Waals surface area contributed by atoms with Gasteiger partial charge >= 0.3 is 0 Å². The first-order valence-electron chi connectivity index (χ1n) is 11.1. The number of carbonyl (C=O) groups excluding carboxylic acids is 3. The predicted octanol–water partition coefficient (Wildman–Crippen LogP) is 2.45. The maximum absolute atomic E-state index is 13.2. The van der Waals surface area contributed by atoms with Gasteiger partial charge in [0.25, 0.3) is 5.91 Å². The predicted molar refractivity (Wildman–Crippen MR) is 110 cm³/mol. The number of carbonyl (C=O) groups is 3. The van der Waals surface area contributed by atoms with Gasteiger partial charge in [0.2, 0.25) is 11.8 Å². The number of nitrogens with zero attached hydrogens (tertiary/aromatic N) is 2. The average molecular weight is 398 g/mol. The van der Waals surface area contributed by atoms with Gasteiger partial charge in [-0.15, -0.1) is 0 Å². The Morgan fingerprint density at radius 2 is 1.48 bits per heavy atom. The second-order valence-electron chi connectivity index (χ2n) is 8.64. The van der Waals surface area contributed by atoms with Crippen LogP contribution >= 0.6 is 0 Å². The lowest BCUT2D eigenvalue weighted by atomic mass is 9.87. The molecule has 2 heterocycles. The first-order valence-corrected chi connectivity index (χ1v) is 11.1. The molecule has 1 aromatic rings. The summed E-state index contributed by atoms with van der Waals surface area (Å²) in [6.07, 6.45) is 6.60. The maximum Gasteiger partial charge on any atom is 0.253 e. The summed E-state index contributed by atoms with van der Waals surface area (Å²) in [5.74, 6) is 0.331. The number of nitrogens with one attached hydrogen (secondary N) is 1. The van der Waals surface area contributed by atoms with Crippen LogP contribution in [0.1, 0.15) is 55.3 Å². The van der Waals surface area contributed by atoms with E-state index in [1.165, 1.54) is 6.42 Å². The quantitative estimate of drug-likeness (QED) is 0.830. The number of amides is 3. The maximum atomic E-state index is 13.2. The van der Waals surface area contributed by atoms with Gasteiger partial charge in [0.1, 0.15) is 6.04 Å². The normalized spacial score (nSPS) is 21.5. The highest BCUT2D eigenvalue weighted by Crippen LogP contribution is 2.30. The summed E-state index contributed by atoms with van der Waals surface area (Å²) in [5, 5.41) is 3.09. The highest BCUT2D eigenvalue weighted by Gasteiger charge is 2.39. The number of hydrogen-bond acceptors (Lipinski definition) is 3. The van der Waals surface area contributed by atoms with Crippen molar-refractivity contribution >= 4 is 17.7 Å². The molecule has 29 heavy (non-hydrogen) atoms. The molecule has 1 aromatic carbocycles. The van der Waals surface area contributed by atoms with E-state index in [1.54, 1.807) is 0 Å². The summed E-state index contributed by atoms with van der Waals surface area (Å²) in [4.78, 5) is 42.2. The molecule has 3 aliphatic rings. The van der Waals surface area contributed by atoms with Gasteiger partial charge in [-0.25, -0.2) is 0 Å². The van der Waals surface area contributed by atoms with E-state index in [1.807, 2.05) is 40.1 Å². The van der Waals surface area contributed by atoms with Crippen molar-refractivity contribution in [1.82, 2.24) is 15.1 Å². The molecule has 2 saturated heterocycles. The zero-order chi connectivity index (χ0) is 20.2. The fourth-order valence-corrected chi connectivity index (χ4v) is 4.51. The second-order valence-corrected chi connectivity index (χ2v) is 8.64. The first-order chi connectivity index (χ1) is 14.1. The number of hydrogen-bond donors (Lipinski definition) is 1. The Labute approximate surface area is 172 Å². The van der Waals surface area contributed by atoms with Gasteiger partial charge in [0.15, 0.2) is 0 Å². The highest BCUT2D eigenvalue weighted by atomic mass is 16.2. The van der Waals surface area contributed by atoms with Crippen LogP contribution < -0.4 is 5.32 Å². The topological polar surface area (TPSA) is 69.7 Å². The lowest BCUT2D eigenvalue weighted by Gasteiger charge is -2.38. The number of benzene rings is 1. The highest BCUT2D eigenvalue weighted by molar-refractivity contribution is 5.94. The molecule has 0 aromatic heterocycles. The summed E-state index contributed by atoms with van der Waals surface area (Å²) in [6, 6.07) is 8.89. The molecule has 4 rings (SSSR count). The summed E-state index contributed by atoms with van der Waals surface area (Å²) >= 11 is 0. The average Bonchev–Trinajstić information content (AvgIpc) is 3.63. The number of likely N-dealkylation sites (tertiary alicyclic amines) is 2. The van der Waals surface area contributed by atoms with Crippen molar-refractivity contribution < 1.29 is 14.4 Å². The van der Waals surface area contributed by atoms with Gasteiger partial charge in [-0.05, 0) is 63.0 Å². The van der Waals surface area contributed by atoms with Crippen LogP contribution in [0.4, 0.5) is 0 Å². The fourth-order valence-electron chi connectivity index (χ4n) is 4.51. The van der Waals surface area contributed by atoms with Gasteiger partial charge in [-0.3, -0.25) is 14.4 Å². The molecule has 0 radical (unpaired) electrons. The van der Waals surface area contributed by atoms with Gasteiger partial charge in [0, 0.05) is 37.7 Å². The lowest BCUT2D eigenvalue weighted by molar-refractivity contribution is -0.139. The standard InChI is InChI=1S/C23H31N3O3/c27-21(18-9-10-18)24-20(23(29)25-13-5-2-6-14-25)17-11-15-26(16-12-17)22(28)19-7-3-1-4-8-19/h1,3-4,7-8,17-18,20H,2,5-6,9-16H2,(H,24,27)/t20-/m0/s1. The Morgan fingerprint density at radius 1 is 0.828 bits per heavy atom. The zero-order valence-corrected chi connectivity index (χ0v) is 17.0. The van der Waals surface area contributed by atoms with Crippen LogP contribution in [0.2, 0.25) is 0 Å². The first kappa shape index (κ1) is 19.9. The van der Waals surface area contributed by atoms with Crippen molar-refractivity contribution in [2.24, 2.45) is 11.8 Å². The molecule has 0 bridgehead atoms. The summed E-state index contributed by atoms with van der Waals surface area (Å²) in [5.41, 5.74) is 0.703. The molecule has 2 aliphatic heterocycles. The van der Waals surface area contributed by atoms with E-state index in [0.717, 1.165) is 51.6 Å². The monoisotopic (exact) mass is 397 g/mol. The summed E-state index contributed by atoms with van der Waals surface area (Å²) in [7, 11) is 0. The zero-order valence-electron chi connectivity index (χ0n) is 17.0. The molecule has 1 saturated carbocycles. The van der Waals surface area contributed by atoms with Crippen LogP contribution in [0.5, 0.6) is 0 Å². The van der Waals surface area contributed by atoms with E-state index < -0.39 is 6.04 Å². The van der Waals surface area contributed by atoms with Crippen LogP contribution in [-0.2, 0) is 9.59 Å². The van der Waals surface area contributed by atoms with Crippen LogP contribution in [0.25, 0.3) is 0 Å². The largest absolute Gasteiger partial charge is 0.344 e. The Balaban J connectivity index is 1.40. The van der Waals surface area contributed by atoms with Crippen molar-refractivity contribution in [3.63, 3.8) is 0 Å². The van der Waals surface area contributed by atoms with Gasteiger partial charge < -0.3 is 15.1 Å². The van der Waals surface area contributed by atoms with Crippen molar-refractivity contribution in [2.45, 2.75) is 51.0 Å². The lowest BCUT2D eigenvalue weighted by Crippen LogP contribution is -2.55. The molecule has 3 amide bonds. The minimum absolute atomic E-state index is 0.0307. The summed E-state index contributed by atoms with van der Waals surface area (Å²) in [6.45, 7) is 2.84. The SMILES string of the molecule is O=C(N[C@H](C(=O)N1CCCCC1)C1CCN(C(=O)c2ccccc2)CC1)C1CC1. The van der Waals surface area contributed by atoms with Crippen LogP contribution in [0, 0.1) is 11.8 Å². The number of rotatable bonds is 5. The third-order valence-electron chi connectivity index (χ3n) is 6.50. The molecule has 1 N–H and O–H groups in total. The van der Waals surface area contributed by atoms with E-state index in [2.05, 4.69) is 5.32 Å². The van der Waals surface area contributed by atoms with Crippen molar-refractivity contribution in [2.75, 3.05) is 26.2 Å². The second kappa shape index (κ2) is 8.97. The molecule has 3 fully saturated rings. The summed E-state index contributed by atoms with van der Waals surface area (Å²) < 4.78 is 0. The van der Waals surface area contributed by atoms with Gasteiger partial charge in [-0.1, -0.05) is 18.2 Å². The molecule has 1 aliphatic carbocycles. The van der Waals surface area contributed by atoms with Crippen LogP contribution in [0.3, 0.4) is 0 Å². The molecule has 0 spiro atoms. The third kappa shape index (κ3) is 4.80. The van der Waals surface area contributed by atoms with Gasteiger partial charge in [0.05, 0.1) is 0 Å². The molecular formula is C23H31N3O3. The van der Waals surface area contributed by atoms with E-state index in [-0.39, 0.29) is 29.6 Å². The minimum atomic E-state index is -0.449. The molecule has 6 heteroatoms. The van der Waals surface area contributed by atoms with Crippen LogP contribution in [-0.4, -0.2) is 59.7 Å². The minimum Gasteiger partial charge on any atom is -0.344 e. The Bertz CT molecular complexity index is 733. The molecule has 1 atom stereocenters. The number of piperidine rings is 2. The smallest absolute Gasteiger partial charge is 0.253 e. The van der Waals surface area contributed by atoms with Crippen molar-refractivity contribution in [3.8, 4) is 0 Å². The van der Waals surface area contributed by atoms with E-state index in [4.69, 9.17) is 0 Å². The van der Waals surface area contributed by atoms with Crippen molar-refractivity contribution in [1.29, 1.82) is 0 Å². The third-order valence-corrected chi connectivity index (χ3v) is 6.50. The van der Waals surface area contributed by atoms with Crippen LogP contribution in [0.15, 0.2) is 30.3 Å². The molecule has 6 nitrogen and oxygen atoms in total. The molecule has 0 unspecified atom stereocenters. The van der Waals surface area contributed by atoms with E-state index in [9.17, 15) is 14.4 Å². The molecule has 156 valence electrons. The van der Waals surface area contributed by atoms with E-state index in [0.29, 0.717) is 18.7 Å². The fraction of sp³-hybridized carbons (Fsp3) is 0.609. The molecular weight excluding hydrogens is 366 g/mol. The van der Waals surface area contributed by atoms with Crippen molar-refractivity contribution in [3.05, 3.63) is 35.9 Å². The Morgan fingerprint density at radius 3 is 2.10 bits per heavy atom. The Hall–Kier alpha value is -2.37. The van der Waals surface area contributed by atoms with E-state index >= 15 is 0 Å². The Kier molecular flexibility index (Phi) is 6.16. The van der Waals surface area contributed by atoms with Gasteiger partial charge in [-0.2, -0.15) is 0 Å².